The molecule has 0 saturated heterocycles. The monoisotopic (exact) mass is 544 g/mol. The zero-order valence-corrected chi connectivity index (χ0v) is 24.8. The Kier molecular flexibility index (Phi) is 18.4. The second-order valence-electron chi connectivity index (χ2n) is 9.95. The SMILES string of the molecule is CCCCCCCC/C=C\CCCCCCCC(=O)[O-].c1ccc([S+](c2ccccc2)c2ccccc2)cc1. The molecule has 0 N–H and O–H groups in total. The molecule has 0 amide bonds. The number of unbranched alkanes of at least 4 members (excludes halogenated alkanes) is 11. The van der Waals surface area contributed by atoms with Crippen LogP contribution >= 0.6 is 0 Å². The molecule has 0 unspecified atom stereocenters. The molecule has 210 valence electrons. The van der Waals surface area contributed by atoms with E-state index in [1.807, 2.05) is 0 Å². The first-order chi connectivity index (χ1) is 19.2. The number of carbonyl (C=O) groups excluding carboxylic acids is 1. The number of carboxylic acids is 1. The predicted octanol–water partition coefficient (Wildman–Crippen LogP) is 9.56. The first kappa shape index (κ1) is 32.4. The maximum atomic E-state index is 10.2. The molecule has 0 aliphatic carbocycles. The molecule has 0 spiro atoms. The smallest absolute Gasteiger partial charge is 0.166 e. The molecule has 0 aromatic heterocycles. The second-order valence-corrected chi connectivity index (χ2v) is 12.0. The summed E-state index contributed by atoms with van der Waals surface area (Å²) in [6, 6.07) is 32.2. The molecular formula is C36H48O2S. The average molecular weight is 545 g/mol. The highest BCUT2D eigenvalue weighted by Crippen LogP contribution is 2.30. The molecule has 0 bridgehead atoms. The van der Waals surface area contributed by atoms with Crippen LogP contribution in [0, 0.1) is 0 Å². The van der Waals surface area contributed by atoms with Gasteiger partial charge in [-0.1, -0.05) is 125 Å². The van der Waals surface area contributed by atoms with Gasteiger partial charge in [-0.2, -0.15) is 0 Å². The third kappa shape index (κ3) is 15.4. The Hall–Kier alpha value is -2.78. The van der Waals surface area contributed by atoms with Gasteiger partial charge >= 0.3 is 0 Å². The van der Waals surface area contributed by atoms with Crippen molar-refractivity contribution in [3.8, 4) is 0 Å². The molecule has 0 fully saturated rings. The van der Waals surface area contributed by atoms with E-state index in [0.717, 1.165) is 19.3 Å². The molecule has 0 heterocycles. The van der Waals surface area contributed by atoms with Gasteiger partial charge in [0.2, 0.25) is 0 Å². The van der Waals surface area contributed by atoms with Gasteiger partial charge in [-0.15, -0.1) is 0 Å². The number of benzene rings is 3. The first-order valence-corrected chi connectivity index (χ1v) is 16.2. The van der Waals surface area contributed by atoms with Gasteiger partial charge in [0.25, 0.3) is 0 Å². The molecular weight excluding hydrogens is 496 g/mol. The molecule has 0 radical (unpaired) electrons. The van der Waals surface area contributed by atoms with Crippen LogP contribution in [0.5, 0.6) is 0 Å². The highest BCUT2D eigenvalue weighted by atomic mass is 32.2. The van der Waals surface area contributed by atoms with Crippen molar-refractivity contribution >= 4 is 16.9 Å². The molecule has 3 heteroatoms. The van der Waals surface area contributed by atoms with Crippen LogP contribution in [0.15, 0.2) is 118 Å². The average Bonchev–Trinajstić information content (AvgIpc) is 2.97. The van der Waals surface area contributed by atoms with Crippen molar-refractivity contribution in [2.75, 3.05) is 0 Å². The molecule has 0 aliphatic rings. The van der Waals surface area contributed by atoms with Crippen molar-refractivity contribution in [3.63, 3.8) is 0 Å². The van der Waals surface area contributed by atoms with Crippen LogP contribution in [-0.2, 0) is 15.7 Å². The summed E-state index contributed by atoms with van der Waals surface area (Å²) in [4.78, 5) is 14.3. The van der Waals surface area contributed by atoms with Crippen LogP contribution < -0.4 is 5.11 Å². The zero-order chi connectivity index (χ0) is 27.8. The maximum absolute atomic E-state index is 10.2. The number of aliphatic carboxylic acids is 1. The predicted molar refractivity (Wildman–Crippen MR) is 166 cm³/mol. The molecule has 0 saturated carbocycles. The van der Waals surface area contributed by atoms with E-state index in [9.17, 15) is 9.90 Å². The second kappa shape index (κ2) is 22.1. The van der Waals surface area contributed by atoms with E-state index < -0.39 is 5.97 Å². The van der Waals surface area contributed by atoms with E-state index in [2.05, 4.69) is 110 Å². The quantitative estimate of drug-likeness (QED) is 0.0908. The summed E-state index contributed by atoms with van der Waals surface area (Å²) in [5.41, 5.74) is 0. The fraction of sp³-hybridized carbons (Fsp3) is 0.417. The lowest BCUT2D eigenvalue weighted by atomic mass is 10.1. The van der Waals surface area contributed by atoms with Gasteiger partial charge in [0.1, 0.15) is 0 Å². The van der Waals surface area contributed by atoms with Crippen LogP contribution in [0.25, 0.3) is 0 Å². The molecule has 3 rings (SSSR count). The van der Waals surface area contributed by atoms with Gasteiger partial charge < -0.3 is 9.90 Å². The number of hydrogen-bond donors (Lipinski definition) is 0. The largest absolute Gasteiger partial charge is 0.550 e. The Bertz CT molecular complexity index is 908. The number of hydrogen-bond acceptors (Lipinski definition) is 2. The Morgan fingerprint density at radius 3 is 1.31 bits per heavy atom. The maximum Gasteiger partial charge on any atom is 0.166 e. The zero-order valence-electron chi connectivity index (χ0n) is 23.9. The van der Waals surface area contributed by atoms with Crippen LogP contribution in [-0.4, -0.2) is 5.97 Å². The Balaban J connectivity index is 0.000000273. The summed E-state index contributed by atoms with van der Waals surface area (Å²) in [6.45, 7) is 2.26. The fourth-order valence-electron chi connectivity index (χ4n) is 4.42. The summed E-state index contributed by atoms with van der Waals surface area (Å²) in [5, 5.41) is 10.2. The van der Waals surface area contributed by atoms with Crippen molar-refractivity contribution < 1.29 is 9.90 Å². The summed E-state index contributed by atoms with van der Waals surface area (Å²) in [5.74, 6) is -0.914. The van der Waals surface area contributed by atoms with E-state index >= 15 is 0 Å². The van der Waals surface area contributed by atoms with E-state index in [1.165, 1.54) is 78.9 Å². The fourth-order valence-corrected chi connectivity index (χ4v) is 6.52. The molecule has 0 aliphatic heterocycles. The van der Waals surface area contributed by atoms with E-state index in [-0.39, 0.29) is 17.3 Å². The Morgan fingerprint density at radius 1 is 0.564 bits per heavy atom. The minimum Gasteiger partial charge on any atom is -0.550 e. The summed E-state index contributed by atoms with van der Waals surface area (Å²) in [6.07, 6.45) is 20.9. The van der Waals surface area contributed by atoms with Gasteiger partial charge in [0.15, 0.2) is 14.7 Å². The van der Waals surface area contributed by atoms with Gasteiger partial charge in [0, 0.05) is 5.97 Å². The Morgan fingerprint density at radius 2 is 0.923 bits per heavy atom. The van der Waals surface area contributed by atoms with Gasteiger partial charge in [-0.05, 0) is 74.9 Å². The Labute approximate surface area is 240 Å². The number of carbonyl (C=O) groups is 1. The number of allylic oxidation sites excluding steroid dienone is 2. The van der Waals surface area contributed by atoms with E-state index in [4.69, 9.17) is 0 Å². The van der Waals surface area contributed by atoms with E-state index in [1.54, 1.807) is 0 Å². The lowest BCUT2D eigenvalue weighted by Gasteiger charge is -2.07. The summed E-state index contributed by atoms with van der Waals surface area (Å²) >= 11 is 0. The van der Waals surface area contributed by atoms with Crippen LogP contribution in [0.2, 0.25) is 0 Å². The topological polar surface area (TPSA) is 40.1 Å². The molecule has 0 atom stereocenters. The summed E-state index contributed by atoms with van der Waals surface area (Å²) < 4.78 is 0. The molecule has 39 heavy (non-hydrogen) atoms. The standard InChI is InChI=1S/C18H34O2.C18H15S/c1-2-3-4-5-6-7-8-9-10-11-12-13-14-15-16-17-18(19)20;1-4-10-16(11-5-1)19(17-12-6-2-7-13-17)18-14-8-3-9-15-18/h9-10H,2-8,11-17H2,1H3,(H,19,20);1-15H/q;+1/p-1/b10-9-;. The molecule has 2 nitrogen and oxygen atoms in total. The van der Waals surface area contributed by atoms with Crippen LogP contribution in [0.1, 0.15) is 96.8 Å². The highest BCUT2D eigenvalue weighted by Gasteiger charge is 2.27. The minimum atomic E-state index is -0.914. The van der Waals surface area contributed by atoms with Crippen molar-refractivity contribution in [2.24, 2.45) is 0 Å². The van der Waals surface area contributed by atoms with Gasteiger partial charge in [0.05, 0.1) is 10.9 Å². The van der Waals surface area contributed by atoms with Gasteiger partial charge in [-0.3, -0.25) is 0 Å². The molecule has 3 aromatic rings. The lowest BCUT2D eigenvalue weighted by molar-refractivity contribution is -0.305. The van der Waals surface area contributed by atoms with Crippen molar-refractivity contribution in [1.82, 2.24) is 0 Å². The number of rotatable bonds is 18. The minimum absolute atomic E-state index is 0.0146. The van der Waals surface area contributed by atoms with Crippen molar-refractivity contribution in [2.45, 2.75) is 112 Å². The van der Waals surface area contributed by atoms with Crippen molar-refractivity contribution in [1.29, 1.82) is 0 Å². The van der Waals surface area contributed by atoms with Crippen LogP contribution in [0.4, 0.5) is 0 Å². The lowest BCUT2D eigenvalue weighted by Crippen LogP contribution is -2.21. The normalized spacial score (nSPS) is 10.9. The van der Waals surface area contributed by atoms with Crippen molar-refractivity contribution in [3.05, 3.63) is 103 Å². The third-order valence-electron chi connectivity index (χ3n) is 6.58. The number of carboxylic acid groups (broad SMARTS) is 1. The summed E-state index contributed by atoms with van der Waals surface area (Å²) in [7, 11) is -0.0146. The third-order valence-corrected chi connectivity index (χ3v) is 8.81. The first-order valence-electron chi connectivity index (χ1n) is 15.0. The van der Waals surface area contributed by atoms with Crippen LogP contribution in [0.3, 0.4) is 0 Å². The molecule has 3 aromatic carbocycles. The van der Waals surface area contributed by atoms with E-state index in [0.29, 0.717) is 0 Å². The highest BCUT2D eigenvalue weighted by molar-refractivity contribution is 7.97. The van der Waals surface area contributed by atoms with Gasteiger partial charge in [-0.25, -0.2) is 0 Å².